The fourth-order valence-electron chi connectivity index (χ4n) is 1.05. The number of rotatable bonds is 3. The van der Waals surface area contributed by atoms with Crippen LogP contribution in [0.1, 0.15) is 20.8 Å². The highest BCUT2D eigenvalue weighted by atomic mass is 32.3. The molecule has 0 rings (SSSR count). The predicted molar refractivity (Wildman–Crippen MR) is 56.1 cm³/mol. The highest BCUT2D eigenvalue weighted by Gasteiger charge is 2.40. The van der Waals surface area contributed by atoms with Crippen LogP contribution in [-0.4, -0.2) is 56.7 Å². The van der Waals surface area contributed by atoms with E-state index in [4.69, 9.17) is 38.6 Å². The van der Waals surface area contributed by atoms with Gasteiger partial charge in [0, 0.05) is 0 Å². The molecule has 9 heteroatoms. The van der Waals surface area contributed by atoms with Crippen LogP contribution in [0.4, 0.5) is 0 Å². The van der Waals surface area contributed by atoms with Crippen molar-refractivity contribution in [2.75, 3.05) is 0 Å². The van der Waals surface area contributed by atoms with E-state index < -0.39 is 34.2 Å². The van der Waals surface area contributed by atoms with Crippen molar-refractivity contribution in [1.29, 1.82) is 0 Å². The monoisotopic (exact) mass is 261 g/mol. The largest absolute Gasteiger partial charge is 0.394 e. The Kier molecular flexibility index (Phi) is 7.29. The van der Waals surface area contributed by atoms with Crippen molar-refractivity contribution >= 4 is 10.4 Å². The zero-order chi connectivity index (χ0) is 13.7. The molecule has 3 unspecified atom stereocenters. The molecule has 0 saturated heterocycles. The lowest BCUT2D eigenvalue weighted by Crippen LogP contribution is -2.64. The van der Waals surface area contributed by atoms with Gasteiger partial charge in [0.25, 0.3) is 0 Å². The van der Waals surface area contributed by atoms with Gasteiger partial charge < -0.3 is 21.1 Å². The van der Waals surface area contributed by atoms with Crippen molar-refractivity contribution in [3.05, 3.63) is 0 Å². The maximum atomic E-state index is 9.17. The van der Waals surface area contributed by atoms with E-state index in [2.05, 4.69) is 0 Å². The van der Waals surface area contributed by atoms with Gasteiger partial charge in [-0.3, -0.25) is 9.11 Å². The van der Waals surface area contributed by atoms with Gasteiger partial charge in [0.2, 0.25) is 0 Å². The van der Waals surface area contributed by atoms with Gasteiger partial charge >= 0.3 is 10.4 Å². The van der Waals surface area contributed by atoms with Gasteiger partial charge in [0.1, 0.15) is 0 Å². The van der Waals surface area contributed by atoms with E-state index in [-0.39, 0.29) is 0 Å². The average molecular weight is 261 g/mol. The molecule has 0 aliphatic carbocycles. The lowest BCUT2D eigenvalue weighted by Gasteiger charge is -2.37. The number of hydrogen-bond donors (Lipinski definition) is 6. The van der Waals surface area contributed by atoms with Gasteiger partial charge in [-0.2, -0.15) is 8.42 Å². The summed E-state index contributed by atoms with van der Waals surface area (Å²) >= 11 is 0. The third-order valence-electron chi connectivity index (χ3n) is 2.17. The van der Waals surface area contributed by atoms with Gasteiger partial charge in [0.15, 0.2) is 0 Å². The summed E-state index contributed by atoms with van der Waals surface area (Å²) in [6.45, 7) is 4.33. The average Bonchev–Trinajstić information content (AvgIpc) is 1.98. The molecule has 0 heterocycles. The summed E-state index contributed by atoms with van der Waals surface area (Å²) in [6.07, 6.45) is -2.83. The van der Waals surface area contributed by atoms with E-state index in [1.165, 1.54) is 20.8 Å². The van der Waals surface area contributed by atoms with Crippen molar-refractivity contribution in [3.63, 3.8) is 0 Å². The predicted octanol–water partition coefficient (Wildman–Crippen LogP) is -1.83. The molecule has 100 valence electrons. The van der Waals surface area contributed by atoms with E-state index >= 15 is 0 Å². The number of nitrogens with two attached hydrogens (primary N) is 1. The molecule has 0 radical (unpaired) electrons. The van der Waals surface area contributed by atoms with Crippen LogP contribution in [0.3, 0.4) is 0 Å². The Morgan fingerprint density at radius 3 is 1.06 bits per heavy atom. The molecule has 0 spiro atoms. The summed E-state index contributed by atoms with van der Waals surface area (Å²) in [5, 5.41) is 27.5. The summed E-state index contributed by atoms with van der Waals surface area (Å²) in [4.78, 5) is 0. The molecule has 0 bridgehead atoms. The molecule has 0 aliphatic rings. The van der Waals surface area contributed by atoms with Gasteiger partial charge in [-0.25, -0.2) is 0 Å². The minimum Gasteiger partial charge on any atom is -0.391 e. The van der Waals surface area contributed by atoms with Crippen molar-refractivity contribution in [2.45, 2.75) is 44.6 Å². The molecule has 7 N–H and O–H groups in total. The molecular formula is C7H19NO7S. The first-order valence-electron chi connectivity index (χ1n) is 4.36. The Labute approximate surface area is 94.3 Å². The lowest BCUT2D eigenvalue weighted by atomic mass is 9.84. The third-order valence-corrected chi connectivity index (χ3v) is 2.17. The van der Waals surface area contributed by atoms with E-state index in [1.807, 2.05) is 0 Å². The second-order valence-corrected chi connectivity index (χ2v) is 4.37. The van der Waals surface area contributed by atoms with Crippen LogP contribution in [0.2, 0.25) is 0 Å². The molecule has 0 amide bonds. The van der Waals surface area contributed by atoms with Crippen LogP contribution in [-0.2, 0) is 10.4 Å². The first-order chi connectivity index (χ1) is 6.83. The third kappa shape index (κ3) is 7.06. The quantitative estimate of drug-likeness (QED) is 0.323. The van der Waals surface area contributed by atoms with Crippen molar-refractivity contribution in [2.24, 2.45) is 5.73 Å². The molecular weight excluding hydrogens is 242 g/mol. The standard InChI is InChI=1S/C7H17NO3.H2O4S/c1-4(9)7(8,5(2)10)6(3)11;1-5(2,3)4/h4-6,9-11H,8H2,1-3H3;(H2,1,2,3,4). The van der Waals surface area contributed by atoms with Gasteiger partial charge in [-0.05, 0) is 20.8 Å². The summed E-state index contributed by atoms with van der Waals surface area (Å²) in [5.41, 5.74) is 4.24. The van der Waals surface area contributed by atoms with E-state index in [0.717, 1.165) is 0 Å². The Hall–Kier alpha value is -0.290. The van der Waals surface area contributed by atoms with Crippen LogP contribution in [0.15, 0.2) is 0 Å². The van der Waals surface area contributed by atoms with Gasteiger partial charge in [-0.1, -0.05) is 0 Å². The molecule has 0 fully saturated rings. The molecule has 0 aromatic heterocycles. The molecule has 16 heavy (non-hydrogen) atoms. The molecule has 0 aliphatic heterocycles. The van der Waals surface area contributed by atoms with Crippen LogP contribution in [0.25, 0.3) is 0 Å². The molecule has 0 aromatic rings. The van der Waals surface area contributed by atoms with Crippen LogP contribution in [0, 0.1) is 0 Å². The van der Waals surface area contributed by atoms with Crippen LogP contribution >= 0.6 is 0 Å². The number of aliphatic hydroxyl groups excluding tert-OH is 3. The zero-order valence-corrected chi connectivity index (χ0v) is 10.1. The van der Waals surface area contributed by atoms with Gasteiger partial charge in [-0.15, -0.1) is 0 Å². The molecule has 0 aromatic carbocycles. The topological polar surface area (TPSA) is 161 Å². The Morgan fingerprint density at radius 1 is 0.938 bits per heavy atom. The van der Waals surface area contributed by atoms with Crippen molar-refractivity contribution in [1.82, 2.24) is 0 Å². The summed E-state index contributed by atoms with van der Waals surface area (Å²) in [6, 6.07) is 0. The number of aliphatic hydroxyl groups is 3. The van der Waals surface area contributed by atoms with E-state index in [0.29, 0.717) is 0 Å². The minimum atomic E-state index is -4.67. The lowest BCUT2D eigenvalue weighted by molar-refractivity contribution is -0.0590. The fraction of sp³-hybridized carbons (Fsp3) is 1.00. The van der Waals surface area contributed by atoms with E-state index in [9.17, 15) is 0 Å². The Balaban J connectivity index is 0. The SMILES string of the molecule is CC(O)C(N)(C(C)O)C(C)O.O=S(=O)(O)O. The maximum Gasteiger partial charge on any atom is 0.394 e. The van der Waals surface area contributed by atoms with Gasteiger partial charge in [0.05, 0.1) is 23.9 Å². The van der Waals surface area contributed by atoms with E-state index in [1.54, 1.807) is 0 Å². The zero-order valence-electron chi connectivity index (χ0n) is 9.27. The first-order valence-corrected chi connectivity index (χ1v) is 5.76. The van der Waals surface area contributed by atoms with Crippen LogP contribution in [0.5, 0.6) is 0 Å². The highest BCUT2D eigenvalue weighted by Crippen LogP contribution is 2.17. The maximum absolute atomic E-state index is 9.17. The Bertz CT molecular complexity index is 255. The molecule has 3 atom stereocenters. The summed E-state index contributed by atoms with van der Waals surface area (Å²) in [7, 11) is -4.67. The summed E-state index contributed by atoms with van der Waals surface area (Å²) in [5.74, 6) is 0. The Morgan fingerprint density at radius 2 is 1.06 bits per heavy atom. The van der Waals surface area contributed by atoms with Crippen LogP contribution < -0.4 is 5.73 Å². The molecule has 0 saturated carbocycles. The first kappa shape index (κ1) is 18.1. The number of hydrogen-bond acceptors (Lipinski definition) is 6. The minimum absolute atomic E-state index is 0.942. The van der Waals surface area contributed by atoms with Crippen molar-refractivity contribution < 1.29 is 32.8 Å². The second kappa shape index (κ2) is 6.45. The highest BCUT2D eigenvalue weighted by molar-refractivity contribution is 7.79. The van der Waals surface area contributed by atoms with Crippen molar-refractivity contribution in [3.8, 4) is 0 Å². The normalized spacial score (nSPS) is 21.1. The smallest absolute Gasteiger partial charge is 0.391 e. The molecule has 8 nitrogen and oxygen atoms in total. The summed E-state index contributed by atoms with van der Waals surface area (Å²) < 4.78 is 31.6. The second-order valence-electron chi connectivity index (χ2n) is 3.48. The fourth-order valence-corrected chi connectivity index (χ4v) is 1.05.